The molecule has 0 fully saturated rings. The van der Waals surface area contributed by atoms with Gasteiger partial charge in [0.2, 0.25) is 0 Å². The normalized spacial score (nSPS) is 5.27. The van der Waals surface area contributed by atoms with Gasteiger partial charge in [-0.3, -0.25) is 0 Å². The van der Waals surface area contributed by atoms with Crippen LogP contribution in [0.1, 0.15) is 20.8 Å². The van der Waals surface area contributed by atoms with Crippen LogP contribution >= 0.6 is 0 Å². The minimum Gasteiger partial charge on any atom is -0.550 e. The van der Waals surface area contributed by atoms with Crippen LogP contribution in [0, 0.1) is 0 Å². The Balaban J connectivity index is -0.0000000298. The smallest absolute Gasteiger partial charge is 0.550 e. The van der Waals surface area contributed by atoms with Gasteiger partial charge in [-0.25, -0.2) is 0 Å². The van der Waals surface area contributed by atoms with E-state index >= 15 is 0 Å². The van der Waals surface area contributed by atoms with Crippen LogP contribution in [0.3, 0.4) is 0 Å². The summed E-state index contributed by atoms with van der Waals surface area (Å²) >= 11 is 0. The Morgan fingerprint density at radius 3 is 0.733 bits per heavy atom. The maximum absolute atomic E-state index is 8.89. The Morgan fingerprint density at radius 1 is 0.733 bits per heavy atom. The van der Waals surface area contributed by atoms with Crippen LogP contribution in [0.25, 0.3) is 0 Å². The third kappa shape index (κ3) is 796. The molecule has 0 heterocycles. The number of carboxylic acids is 3. The third-order valence-electron chi connectivity index (χ3n) is 0. The fraction of sp³-hybridized carbons (Fsp3) is 0.375. The maximum Gasteiger partial charge on any atom is 3.00 e. The number of carbonyl (C=O) groups excluding carboxylic acids is 3. The first kappa shape index (κ1) is 29.2. The zero-order valence-corrected chi connectivity index (χ0v) is 9.74. The molecule has 7 heteroatoms. The van der Waals surface area contributed by atoms with Gasteiger partial charge in [0, 0.05) is 17.9 Å². The maximum atomic E-state index is 8.89. The van der Waals surface area contributed by atoms with Gasteiger partial charge in [-0.05, 0) is 20.8 Å². The zero-order chi connectivity index (χ0) is 12.7. The molecule has 0 spiro atoms. The molecule has 15 heavy (non-hydrogen) atoms. The summed E-state index contributed by atoms with van der Waals surface area (Å²) in [5, 5.41) is 26.7. The number of aliphatic carboxylic acids is 3. The van der Waals surface area contributed by atoms with Crippen LogP contribution in [0.4, 0.5) is 0 Å². The van der Waals surface area contributed by atoms with Crippen molar-refractivity contribution in [1.82, 2.24) is 0 Å². The SMILES string of the molecule is C=C.CC(=O)[O-].CC(=O)[O-].CC(=O)[O-].[Co+3]. The molecule has 0 aliphatic heterocycles. The second-order valence-corrected chi connectivity index (χ2v) is 1.47. The van der Waals surface area contributed by atoms with Crippen molar-refractivity contribution in [1.29, 1.82) is 0 Å². The zero-order valence-electron chi connectivity index (χ0n) is 8.70. The van der Waals surface area contributed by atoms with Crippen LogP contribution in [0.5, 0.6) is 0 Å². The fourth-order valence-electron chi connectivity index (χ4n) is 0. The molecule has 0 unspecified atom stereocenters. The Hall–Kier alpha value is -1.34. The number of carboxylic acid groups (broad SMARTS) is 3. The standard InChI is InChI=1S/3C2H4O2.C2H4.Co/c3*1-2(3)4;1-2;/h3*1H3,(H,3,4);1-2H2;/q;;;;+3/p-3. The second-order valence-electron chi connectivity index (χ2n) is 1.47. The summed E-state index contributed by atoms with van der Waals surface area (Å²) in [4.78, 5) is 26.7. The van der Waals surface area contributed by atoms with E-state index in [9.17, 15) is 0 Å². The molecule has 0 saturated carbocycles. The van der Waals surface area contributed by atoms with Gasteiger partial charge in [-0.2, -0.15) is 0 Å². The van der Waals surface area contributed by atoms with Crippen LogP contribution in [0.15, 0.2) is 13.2 Å². The van der Waals surface area contributed by atoms with Crippen molar-refractivity contribution in [3.63, 3.8) is 0 Å². The average Bonchev–Trinajstić information content (AvgIpc) is 1.86. The van der Waals surface area contributed by atoms with E-state index in [4.69, 9.17) is 29.7 Å². The molecule has 90 valence electrons. The van der Waals surface area contributed by atoms with Gasteiger partial charge >= 0.3 is 16.8 Å². The predicted molar refractivity (Wildman–Crippen MR) is 43.3 cm³/mol. The summed E-state index contributed by atoms with van der Waals surface area (Å²) in [6.45, 7) is 8.92. The van der Waals surface area contributed by atoms with E-state index in [0.717, 1.165) is 20.8 Å². The van der Waals surface area contributed by atoms with Crippen molar-refractivity contribution in [2.45, 2.75) is 20.8 Å². The van der Waals surface area contributed by atoms with Crippen molar-refractivity contribution in [3.05, 3.63) is 13.2 Å². The number of rotatable bonds is 0. The van der Waals surface area contributed by atoms with Gasteiger partial charge in [0.05, 0.1) is 0 Å². The summed E-state index contributed by atoms with van der Waals surface area (Å²) in [7, 11) is 0. The van der Waals surface area contributed by atoms with Gasteiger partial charge in [-0.15, -0.1) is 13.2 Å². The van der Waals surface area contributed by atoms with Crippen LogP contribution in [0.2, 0.25) is 0 Å². The van der Waals surface area contributed by atoms with Gasteiger partial charge in [0.25, 0.3) is 0 Å². The number of hydrogen-bond donors (Lipinski definition) is 0. The first-order valence-corrected chi connectivity index (χ1v) is 3.22. The van der Waals surface area contributed by atoms with Crippen molar-refractivity contribution in [2.75, 3.05) is 0 Å². The molecule has 0 aliphatic carbocycles. The van der Waals surface area contributed by atoms with Crippen LogP contribution in [-0.4, -0.2) is 17.9 Å². The quantitative estimate of drug-likeness (QED) is 0.432. The van der Waals surface area contributed by atoms with Gasteiger partial charge in [0.15, 0.2) is 0 Å². The molecule has 0 amide bonds. The van der Waals surface area contributed by atoms with E-state index in [0.29, 0.717) is 0 Å². The Kier molecular flexibility index (Phi) is 57.1. The monoisotopic (exact) mass is 264 g/mol. The topological polar surface area (TPSA) is 120 Å². The molecule has 0 radical (unpaired) electrons. The predicted octanol–water partition coefficient (Wildman–Crippen LogP) is -2.93. The first-order valence-electron chi connectivity index (χ1n) is 3.22. The molecule has 0 N–H and O–H groups in total. The minimum absolute atomic E-state index is 0. The van der Waals surface area contributed by atoms with Crippen LogP contribution in [-0.2, 0) is 31.2 Å². The number of hydrogen-bond acceptors (Lipinski definition) is 6. The molecule has 0 bridgehead atoms. The first-order chi connectivity index (χ1) is 6.20. The van der Waals surface area contributed by atoms with E-state index < -0.39 is 17.9 Å². The summed E-state index contributed by atoms with van der Waals surface area (Å²) in [5.74, 6) is -3.25. The number of carbonyl (C=O) groups is 3. The van der Waals surface area contributed by atoms with E-state index in [1.54, 1.807) is 0 Å². The summed E-state index contributed by atoms with van der Waals surface area (Å²) < 4.78 is 0. The Morgan fingerprint density at radius 2 is 0.733 bits per heavy atom. The van der Waals surface area contributed by atoms with Crippen molar-refractivity contribution in [3.8, 4) is 0 Å². The molecular formula is C8H13CoO6. The summed E-state index contributed by atoms with van der Waals surface area (Å²) in [6, 6.07) is 0. The van der Waals surface area contributed by atoms with Crippen molar-refractivity contribution >= 4 is 17.9 Å². The van der Waals surface area contributed by atoms with Gasteiger partial charge in [0.1, 0.15) is 0 Å². The van der Waals surface area contributed by atoms with E-state index in [1.165, 1.54) is 0 Å². The molecule has 0 aromatic carbocycles. The Labute approximate surface area is 98.8 Å². The molecule has 0 atom stereocenters. The largest absolute Gasteiger partial charge is 3.00 e. The van der Waals surface area contributed by atoms with Gasteiger partial charge in [-0.1, -0.05) is 0 Å². The Bertz CT molecular complexity index is 128. The fourth-order valence-corrected chi connectivity index (χ4v) is 0. The third-order valence-corrected chi connectivity index (χ3v) is 0. The average molecular weight is 264 g/mol. The van der Waals surface area contributed by atoms with Gasteiger partial charge < -0.3 is 29.7 Å². The van der Waals surface area contributed by atoms with Crippen molar-refractivity contribution < 1.29 is 46.5 Å². The van der Waals surface area contributed by atoms with Crippen LogP contribution < -0.4 is 15.3 Å². The molecule has 0 aliphatic rings. The molecule has 0 rings (SSSR count). The summed E-state index contributed by atoms with van der Waals surface area (Å²) in [5.41, 5.74) is 0. The second kappa shape index (κ2) is 29.3. The molecule has 0 saturated heterocycles. The van der Waals surface area contributed by atoms with E-state index in [2.05, 4.69) is 13.2 Å². The molecule has 0 aromatic rings. The van der Waals surface area contributed by atoms with E-state index in [-0.39, 0.29) is 16.8 Å². The molecular weight excluding hydrogens is 251 g/mol. The van der Waals surface area contributed by atoms with E-state index in [1.807, 2.05) is 0 Å². The summed E-state index contributed by atoms with van der Waals surface area (Å²) in [6.07, 6.45) is 0. The minimum atomic E-state index is -1.08. The molecule has 0 aromatic heterocycles. The molecule has 6 nitrogen and oxygen atoms in total. The van der Waals surface area contributed by atoms with Crippen molar-refractivity contribution in [2.24, 2.45) is 0 Å².